The third-order valence-electron chi connectivity index (χ3n) is 2.09. The maximum atomic E-state index is 11.4. The van der Waals surface area contributed by atoms with E-state index in [1.807, 2.05) is 0 Å². The summed E-state index contributed by atoms with van der Waals surface area (Å²) >= 11 is 0. The van der Waals surface area contributed by atoms with Gasteiger partial charge < -0.3 is 9.84 Å². The molecule has 17 heavy (non-hydrogen) atoms. The molecule has 0 aromatic carbocycles. The van der Waals surface area contributed by atoms with Crippen molar-refractivity contribution in [3.63, 3.8) is 0 Å². The number of rotatable bonds is 4. The first-order valence-corrected chi connectivity index (χ1v) is 4.97. The highest BCUT2D eigenvalue weighted by Gasteiger charge is 2.08. The molecule has 2 heterocycles. The summed E-state index contributed by atoms with van der Waals surface area (Å²) in [5, 5.41) is 6.02. The zero-order chi connectivity index (χ0) is 12.1. The fourth-order valence-corrected chi connectivity index (χ4v) is 1.26. The van der Waals surface area contributed by atoms with Gasteiger partial charge in [-0.05, 0) is 0 Å². The molecular formula is C10H10N4O3. The highest BCUT2D eigenvalue weighted by atomic mass is 16.5. The third-order valence-corrected chi connectivity index (χ3v) is 2.09. The Labute approximate surface area is 96.1 Å². The van der Waals surface area contributed by atoms with Gasteiger partial charge in [-0.3, -0.25) is 14.2 Å². The molecule has 7 heteroatoms. The second kappa shape index (κ2) is 5.06. The van der Waals surface area contributed by atoms with Gasteiger partial charge in [0, 0.05) is 31.4 Å². The van der Waals surface area contributed by atoms with Gasteiger partial charge in [-0.2, -0.15) is 0 Å². The Morgan fingerprint density at radius 2 is 2.29 bits per heavy atom. The van der Waals surface area contributed by atoms with E-state index in [2.05, 4.69) is 20.0 Å². The van der Waals surface area contributed by atoms with E-state index in [0.29, 0.717) is 13.1 Å². The monoisotopic (exact) mass is 234 g/mol. The van der Waals surface area contributed by atoms with Gasteiger partial charge in [-0.1, -0.05) is 5.16 Å². The van der Waals surface area contributed by atoms with Gasteiger partial charge in [0.2, 0.25) is 5.76 Å². The van der Waals surface area contributed by atoms with Gasteiger partial charge in [0.05, 0.1) is 12.5 Å². The summed E-state index contributed by atoms with van der Waals surface area (Å²) in [5.41, 5.74) is -0.158. The molecule has 0 bridgehead atoms. The van der Waals surface area contributed by atoms with Crippen molar-refractivity contribution >= 4 is 5.91 Å². The largest absolute Gasteiger partial charge is 0.351 e. The van der Waals surface area contributed by atoms with Crippen molar-refractivity contribution in [1.82, 2.24) is 20.0 Å². The Balaban J connectivity index is 1.87. The molecule has 0 spiro atoms. The summed E-state index contributed by atoms with van der Waals surface area (Å²) in [7, 11) is 0. The normalized spacial score (nSPS) is 10.1. The molecule has 0 aliphatic rings. The molecule has 0 aliphatic carbocycles. The van der Waals surface area contributed by atoms with Crippen LogP contribution in [0, 0.1) is 0 Å². The lowest BCUT2D eigenvalue weighted by Gasteiger charge is -2.04. The molecule has 0 aliphatic heterocycles. The highest BCUT2D eigenvalue weighted by molar-refractivity contribution is 5.91. The average molecular weight is 234 g/mol. The highest BCUT2D eigenvalue weighted by Crippen LogP contribution is 1.94. The van der Waals surface area contributed by atoms with Crippen LogP contribution < -0.4 is 10.9 Å². The first-order valence-electron chi connectivity index (χ1n) is 4.97. The topological polar surface area (TPSA) is 90.0 Å². The van der Waals surface area contributed by atoms with Crippen LogP contribution in [0.4, 0.5) is 0 Å². The Bertz CT molecular complexity index is 547. The van der Waals surface area contributed by atoms with E-state index in [0.717, 1.165) is 0 Å². The lowest BCUT2D eigenvalue weighted by Crippen LogP contribution is -2.30. The average Bonchev–Trinajstić information content (AvgIpc) is 2.85. The van der Waals surface area contributed by atoms with E-state index in [1.165, 1.54) is 35.4 Å². The summed E-state index contributed by atoms with van der Waals surface area (Å²) in [6.45, 7) is 0.664. The number of hydrogen-bond acceptors (Lipinski definition) is 5. The van der Waals surface area contributed by atoms with E-state index < -0.39 is 0 Å². The Morgan fingerprint density at radius 3 is 3.00 bits per heavy atom. The summed E-state index contributed by atoms with van der Waals surface area (Å²) in [4.78, 5) is 26.6. The van der Waals surface area contributed by atoms with Gasteiger partial charge in [-0.25, -0.2) is 4.98 Å². The van der Waals surface area contributed by atoms with Crippen LogP contribution in [0.2, 0.25) is 0 Å². The van der Waals surface area contributed by atoms with Gasteiger partial charge in [-0.15, -0.1) is 0 Å². The van der Waals surface area contributed by atoms with Crippen molar-refractivity contribution in [3.8, 4) is 0 Å². The lowest BCUT2D eigenvalue weighted by molar-refractivity contribution is 0.0915. The first-order chi connectivity index (χ1) is 8.27. The zero-order valence-electron chi connectivity index (χ0n) is 8.87. The van der Waals surface area contributed by atoms with Crippen molar-refractivity contribution in [3.05, 3.63) is 47.0 Å². The summed E-state index contributed by atoms with van der Waals surface area (Å²) < 4.78 is 6.08. The summed E-state index contributed by atoms with van der Waals surface area (Å²) in [6.07, 6.45) is 4.23. The van der Waals surface area contributed by atoms with Gasteiger partial charge in [0.1, 0.15) is 0 Å². The Morgan fingerprint density at radius 1 is 1.41 bits per heavy atom. The van der Waals surface area contributed by atoms with Crippen molar-refractivity contribution in [2.45, 2.75) is 6.54 Å². The lowest BCUT2D eigenvalue weighted by atomic mass is 10.4. The number of hydrogen-bond donors (Lipinski definition) is 1. The second-order valence-electron chi connectivity index (χ2n) is 3.24. The van der Waals surface area contributed by atoms with Gasteiger partial charge in [0.15, 0.2) is 0 Å². The fraction of sp³-hybridized carbons (Fsp3) is 0.200. The van der Waals surface area contributed by atoms with E-state index in [4.69, 9.17) is 0 Å². The minimum absolute atomic E-state index is 0.142. The molecule has 0 atom stereocenters. The first kappa shape index (κ1) is 11.1. The van der Waals surface area contributed by atoms with E-state index in [-0.39, 0.29) is 17.2 Å². The van der Waals surface area contributed by atoms with Crippen molar-refractivity contribution in [1.29, 1.82) is 0 Å². The van der Waals surface area contributed by atoms with Gasteiger partial charge >= 0.3 is 0 Å². The molecule has 0 saturated heterocycles. The maximum Gasteiger partial charge on any atom is 0.289 e. The van der Waals surface area contributed by atoms with Crippen molar-refractivity contribution in [2.75, 3.05) is 6.54 Å². The molecule has 0 fully saturated rings. The van der Waals surface area contributed by atoms with Crippen LogP contribution in [0.1, 0.15) is 10.6 Å². The minimum atomic E-state index is -0.362. The predicted molar refractivity (Wildman–Crippen MR) is 57.3 cm³/mol. The molecule has 0 saturated carbocycles. The van der Waals surface area contributed by atoms with Crippen LogP contribution in [-0.4, -0.2) is 27.2 Å². The van der Waals surface area contributed by atoms with Crippen LogP contribution >= 0.6 is 0 Å². The molecule has 0 radical (unpaired) electrons. The van der Waals surface area contributed by atoms with E-state index in [9.17, 15) is 9.59 Å². The number of carbonyl (C=O) groups excluding carboxylic acids is 1. The van der Waals surface area contributed by atoms with E-state index >= 15 is 0 Å². The standard InChI is InChI=1S/C10H10N4O3/c15-9-2-3-11-7-14(9)6-5-12-10(16)8-1-4-13-17-8/h1-4,7H,5-6H2,(H,12,16). The summed E-state index contributed by atoms with van der Waals surface area (Å²) in [5.74, 6) is -0.219. The number of nitrogens with zero attached hydrogens (tertiary/aromatic N) is 3. The van der Waals surface area contributed by atoms with Crippen LogP contribution in [0.3, 0.4) is 0 Å². The zero-order valence-corrected chi connectivity index (χ0v) is 8.87. The number of aromatic nitrogens is 3. The molecule has 2 aromatic heterocycles. The van der Waals surface area contributed by atoms with Crippen LogP contribution in [0.5, 0.6) is 0 Å². The Hall–Kier alpha value is -2.44. The molecule has 0 unspecified atom stereocenters. The van der Waals surface area contributed by atoms with Crippen LogP contribution in [-0.2, 0) is 6.54 Å². The van der Waals surface area contributed by atoms with Crippen LogP contribution in [0.15, 0.2) is 40.2 Å². The fourth-order valence-electron chi connectivity index (χ4n) is 1.26. The summed E-state index contributed by atoms with van der Waals surface area (Å²) in [6, 6.07) is 2.82. The van der Waals surface area contributed by atoms with E-state index in [1.54, 1.807) is 0 Å². The number of amides is 1. The smallest absolute Gasteiger partial charge is 0.289 e. The quantitative estimate of drug-likeness (QED) is 0.781. The molecular weight excluding hydrogens is 224 g/mol. The van der Waals surface area contributed by atoms with Crippen molar-refractivity contribution < 1.29 is 9.32 Å². The second-order valence-corrected chi connectivity index (χ2v) is 3.24. The third kappa shape index (κ3) is 2.77. The molecule has 2 aromatic rings. The molecule has 1 N–H and O–H groups in total. The molecule has 7 nitrogen and oxygen atoms in total. The SMILES string of the molecule is O=C(NCCn1cnccc1=O)c1ccno1. The van der Waals surface area contributed by atoms with Gasteiger partial charge in [0.25, 0.3) is 11.5 Å². The molecule has 2 rings (SSSR count). The Kier molecular flexibility index (Phi) is 3.29. The number of nitrogens with one attached hydrogen (secondary N) is 1. The van der Waals surface area contributed by atoms with Crippen molar-refractivity contribution in [2.24, 2.45) is 0 Å². The van der Waals surface area contributed by atoms with Crippen LogP contribution in [0.25, 0.3) is 0 Å². The maximum absolute atomic E-state index is 11.4. The predicted octanol–water partition coefficient (Wildman–Crippen LogP) is -0.339. The molecule has 88 valence electrons. The molecule has 1 amide bonds. The minimum Gasteiger partial charge on any atom is -0.351 e. The number of carbonyl (C=O) groups is 1.